The summed E-state index contributed by atoms with van der Waals surface area (Å²) >= 11 is 9.09. The minimum Gasteiger partial charge on any atom is -0.340 e. The Morgan fingerprint density at radius 1 is 1.67 bits per heavy atom. The van der Waals surface area contributed by atoms with Crippen LogP contribution in [0.25, 0.3) is 0 Å². The van der Waals surface area contributed by atoms with E-state index < -0.39 is 0 Å². The molecule has 82 valence electrons. The van der Waals surface area contributed by atoms with E-state index in [1.54, 1.807) is 30.4 Å². The molecule has 1 aromatic heterocycles. The number of aromatic nitrogens is 1. The predicted octanol–water partition coefficient (Wildman–Crippen LogP) is 2.54. The Balaban J connectivity index is 2.76. The molecule has 0 aromatic carbocycles. The molecular weight excluding hydrogens is 279 g/mol. The van der Waals surface area contributed by atoms with E-state index in [0.29, 0.717) is 12.1 Å². The molecule has 1 amide bonds. The van der Waals surface area contributed by atoms with Crippen molar-refractivity contribution in [2.45, 2.75) is 12.3 Å². The summed E-state index contributed by atoms with van der Waals surface area (Å²) in [6, 6.07) is 1.74. The summed E-state index contributed by atoms with van der Waals surface area (Å²) in [6.07, 6.45) is 3.18. The fourth-order valence-electron chi connectivity index (χ4n) is 1.21. The molecule has 1 rings (SSSR count). The van der Waals surface area contributed by atoms with Crippen LogP contribution in [-0.4, -0.2) is 34.8 Å². The second kappa shape index (κ2) is 5.47. The highest BCUT2D eigenvalue weighted by molar-refractivity contribution is 9.10. The van der Waals surface area contributed by atoms with Gasteiger partial charge in [0.15, 0.2) is 0 Å². The summed E-state index contributed by atoms with van der Waals surface area (Å²) in [5.74, 6) is -0.0729. The van der Waals surface area contributed by atoms with Crippen molar-refractivity contribution in [1.82, 2.24) is 9.88 Å². The van der Waals surface area contributed by atoms with E-state index >= 15 is 0 Å². The van der Waals surface area contributed by atoms with Crippen LogP contribution in [0.5, 0.6) is 0 Å². The zero-order valence-corrected chi connectivity index (χ0v) is 10.9. The van der Waals surface area contributed by atoms with Crippen molar-refractivity contribution in [3.8, 4) is 0 Å². The largest absolute Gasteiger partial charge is 0.340 e. The van der Waals surface area contributed by atoms with Crippen molar-refractivity contribution in [3.05, 3.63) is 28.5 Å². The average molecular weight is 292 g/mol. The maximum Gasteiger partial charge on any atom is 0.255 e. The van der Waals surface area contributed by atoms with E-state index in [2.05, 4.69) is 20.9 Å². The van der Waals surface area contributed by atoms with E-state index in [0.717, 1.165) is 4.47 Å². The summed E-state index contributed by atoms with van der Waals surface area (Å²) in [5.41, 5.74) is 0.559. The van der Waals surface area contributed by atoms with Crippen molar-refractivity contribution in [1.29, 1.82) is 0 Å². The van der Waals surface area contributed by atoms with Gasteiger partial charge in [0.2, 0.25) is 0 Å². The Morgan fingerprint density at radius 2 is 2.33 bits per heavy atom. The topological polar surface area (TPSA) is 33.2 Å². The van der Waals surface area contributed by atoms with Crippen molar-refractivity contribution in [3.63, 3.8) is 0 Å². The number of carbonyl (C=O) groups excluding carboxylic acids is 1. The fourth-order valence-corrected chi connectivity index (χ4v) is 1.78. The highest BCUT2D eigenvalue weighted by atomic mass is 79.9. The standard InChI is InChI=1S/C10H12BrClN2O/c1-7(12)6-14(2)10(15)8-3-9(11)5-13-4-8/h3-5,7H,6H2,1-2H3. The van der Waals surface area contributed by atoms with Crippen LogP contribution in [-0.2, 0) is 0 Å². The molecule has 0 saturated carbocycles. The van der Waals surface area contributed by atoms with Crippen LogP contribution in [0.2, 0.25) is 0 Å². The molecule has 0 aliphatic heterocycles. The molecule has 0 saturated heterocycles. The first-order valence-corrected chi connectivity index (χ1v) is 5.73. The Hall–Kier alpha value is -0.610. The van der Waals surface area contributed by atoms with E-state index in [1.165, 1.54) is 0 Å². The molecule has 15 heavy (non-hydrogen) atoms. The van der Waals surface area contributed by atoms with Gasteiger partial charge in [-0.05, 0) is 28.9 Å². The van der Waals surface area contributed by atoms with Gasteiger partial charge < -0.3 is 4.90 Å². The zero-order chi connectivity index (χ0) is 11.4. The Labute approximate surface area is 103 Å². The van der Waals surface area contributed by atoms with Gasteiger partial charge in [-0.3, -0.25) is 9.78 Å². The number of hydrogen-bond donors (Lipinski definition) is 0. The van der Waals surface area contributed by atoms with Gasteiger partial charge in [0.25, 0.3) is 5.91 Å². The number of hydrogen-bond acceptors (Lipinski definition) is 2. The van der Waals surface area contributed by atoms with E-state index in [-0.39, 0.29) is 11.3 Å². The lowest BCUT2D eigenvalue weighted by molar-refractivity contribution is 0.0795. The highest BCUT2D eigenvalue weighted by Crippen LogP contribution is 2.11. The summed E-state index contributed by atoms with van der Waals surface area (Å²) in [4.78, 5) is 17.4. The third-order valence-corrected chi connectivity index (χ3v) is 2.40. The normalized spacial score (nSPS) is 12.3. The number of carbonyl (C=O) groups is 1. The van der Waals surface area contributed by atoms with Gasteiger partial charge >= 0.3 is 0 Å². The Bertz CT molecular complexity index is 357. The van der Waals surface area contributed by atoms with Crippen LogP contribution in [0.4, 0.5) is 0 Å². The Kier molecular flexibility index (Phi) is 4.54. The summed E-state index contributed by atoms with van der Waals surface area (Å²) in [7, 11) is 1.72. The molecular formula is C10H12BrClN2O. The number of nitrogens with zero attached hydrogens (tertiary/aromatic N) is 2. The van der Waals surface area contributed by atoms with Crippen molar-refractivity contribution in [2.24, 2.45) is 0 Å². The first-order valence-electron chi connectivity index (χ1n) is 4.51. The van der Waals surface area contributed by atoms with Gasteiger partial charge in [0.1, 0.15) is 0 Å². The molecule has 0 spiro atoms. The van der Waals surface area contributed by atoms with Crippen LogP contribution in [0.1, 0.15) is 17.3 Å². The SMILES string of the molecule is CC(Cl)CN(C)C(=O)c1cncc(Br)c1. The van der Waals surface area contributed by atoms with Gasteiger partial charge in [-0.2, -0.15) is 0 Å². The first-order chi connectivity index (χ1) is 7.00. The van der Waals surface area contributed by atoms with E-state index in [9.17, 15) is 4.79 Å². The molecule has 0 radical (unpaired) electrons. The molecule has 0 aliphatic carbocycles. The number of rotatable bonds is 3. The van der Waals surface area contributed by atoms with Gasteiger partial charge in [0, 0.05) is 35.8 Å². The highest BCUT2D eigenvalue weighted by Gasteiger charge is 2.13. The Morgan fingerprint density at radius 3 is 2.87 bits per heavy atom. The quantitative estimate of drug-likeness (QED) is 0.802. The van der Waals surface area contributed by atoms with E-state index in [4.69, 9.17) is 11.6 Å². The molecule has 0 fully saturated rings. The third-order valence-electron chi connectivity index (χ3n) is 1.82. The maximum atomic E-state index is 11.8. The number of alkyl halides is 1. The van der Waals surface area contributed by atoms with Crippen LogP contribution in [0, 0.1) is 0 Å². The summed E-state index contributed by atoms with van der Waals surface area (Å²) < 4.78 is 0.792. The molecule has 1 heterocycles. The molecule has 0 bridgehead atoms. The lowest BCUT2D eigenvalue weighted by Crippen LogP contribution is -2.31. The zero-order valence-electron chi connectivity index (χ0n) is 8.58. The second-order valence-electron chi connectivity index (χ2n) is 3.36. The van der Waals surface area contributed by atoms with Crippen LogP contribution >= 0.6 is 27.5 Å². The molecule has 1 aromatic rings. The molecule has 5 heteroatoms. The van der Waals surface area contributed by atoms with Crippen molar-refractivity contribution < 1.29 is 4.79 Å². The maximum absolute atomic E-state index is 11.8. The van der Waals surface area contributed by atoms with Gasteiger partial charge in [-0.1, -0.05) is 0 Å². The minimum absolute atomic E-state index is 0.0564. The minimum atomic E-state index is -0.0729. The monoisotopic (exact) mass is 290 g/mol. The van der Waals surface area contributed by atoms with Crippen molar-refractivity contribution in [2.75, 3.05) is 13.6 Å². The summed E-state index contributed by atoms with van der Waals surface area (Å²) in [5, 5.41) is -0.0564. The average Bonchev–Trinajstić information content (AvgIpc) is 2.15. The number of halogens is 2. The molecule has 1 unspecified atom stereocenters. The van der Waals surface area contributed by atoms with E-state index in [1.807, 2.05) is 6.92 Å². The molecule has 1 atom stereocenters. The number of amides is 1. The molecule has 0 aliphatic rings. The van der Waals surface area contributed by atoms with Gasteiger partial charge in [-0.15, -0.1) is 11.6 Å². The van der Waals surface area contributed by atoms with Crippen LogP contribution in [0.15, 0.2) is 22.9 Å². The van der Waals surface area contributed by atoms with Gasteiger partial charge in [-0.25, -0.2) is 0 Å². The predicted molar refractivity (Wildman–Crippen MR) is 64.2 cm³/mol. The van der Waals surface area contributed by atoms with Gasteiger partial charge in [0.05, 0.1) is 5.56 Å². The lowest BCUT2D eigenvalue weighted by Gasteiger charge is -2.18. The fraction of sp³-hybridized carbons (Fsp3) is 0.400. The van der Waals surface area contributed by atoms with Crippen LogP contribution in [0.3, 0.4) is 0 Å². The first kappa shape index (κ1) is 12.5. The lowest BCUT2D eigenvalue weighted by atomic mass is 10.2. The van der Waals surface area contributed by atoms with Crippen LogP contribution < -0.4 is 0 Å². The molecule has 3 nitrogen and oxygen atoms in total. The summed E-state index contributed by atoms with van der Waals surface area (Å²) in [6.45, 7) is 2.37. The third kappa shape index (κ3) is 3.80. The number of pyridine rings is 1. The van der Waals surface area contributed by atoms with Crippen molar-refractivity contribution >= 4 is 33.4 Å². The smallest absolute Gasteiger partial charge is 0.255 e. The second-order valence-corrected chi connectivity index (χ2v) is 5.02. The molecule has 0 N–H and O–H groups in total.